The Morgan fingerprint density at radius 1 is 1.15 bits per heavy atom. The predicted octanol–water partition coefficient (Wildman–Crippen LogP) is 2.40. The number of amides is 1. The number of aryl methyl sites for hydroxylation is 1. The number of benzene rings is 1. The van der Waals surface area contributed by atoms with Gasteiger partial charge in [-0.25, -0.2) is 4.98 Å². The molecule has 1 aromatic carbocycles. The van der Waals surface area contributed by atoms with Gasteiger partial charge in [-0.2, -0.15) is 0 Å². The number of para-hydroxylation sites is 1. The number of fused-ring (bicyclic) bond motifs is 1. The number of pyridine rings is 1. The molecule has 0 saturated heterocycles. The summed E-state index contributed by atoms with van der Waals surface area (Å²) in [6.45, 7) is 0.592. The van der Waals surface area contributed by atoms with Crippen LogP contribution in [0.2, 0.25) is 0 Å². The lowest BCUT2D eigenvalue weighted by Crippen LogP contribution is -2.23. The highest BCUT2D eigenvalue weighted by Crippen LogP contribution is 2.04. The highest BCUT2D eigenvalue weighted by atomic mass is 16.1. The molecule has 0 aliphatic rings. The van der Waals surface area contributed by atoms with Gasteiger partial charge < -0.3 is 5.32 Å². The lowest BCUT2D eigenvalue weighted by atomic mass is 10.1. The third-order valence-corrected chi connectivity index (χ3v) is 3.99. The van der Waals surface area contributed by atoms with Crippen molar-refractivity contribution in [2.24, 2.45) is 0 Å². The molecular formula is C20H20N4O2. The van der Waals surface area contributed by atoms with E-state index < -0.39 is 0 Å². The van der Waals surface area contributed by atoms with E-state index in [1.54, 1.807) is 24.4 Å². The molecule has 0 radical (unpaired) electrons. The monoisotopic (exact) mass is 348 g/mol. The fourth-order valence-electron chi connectivity index (χ4n) is 2.61. The van der Waals surface area contributed by atoms with Crippen molar-refractivity contribution < 1.29 is 4.79 Å². The van der Waals surface area contributed by atoms with Crippen molar-refractivity contribution >= 4 is 23.0 Å². The number of rotatable bonds is 7. The van der Waals surface area contributed by atoms with Crippen LogP contribution in [0, 0.1) is 0 Å². The lowest BCUT2D eigenvalue weighted by molar-refractivity contribution is -0.116. The smallest absolute Gasteiger partial charge is 0.265 e. The zero-order valence-electron chi connectivity index (χ0n) is 14.3. The van der Waals surface area contributed by atoms with Crippen LogP contribution in [0.1, 0.15) is 18.4 Å². The Morgan fingerprint density at radius 2 is 2.04 bits per heavy atom. The number of hydrogen-bond donors (Lipinski definition) is 1. The van der Waals surface area contributed by atoms with Crippen molar-refractivity contribution in [2.75, 3.05) is 6.54 Å². The molecule has 2 heterocycles. The number of unbranched alkanes of at least 4 members (excludes halogenated alkanes) is 1. The minimum Gasteiger partial charge on any atom is -0.353 e. The summed E-state index contributed by atoms with van der Waals surface area (Å²) in [4.78, 5) is 32.5. The fraction of sp³-hybridized carbons (Fsp3) is 0.200. The van der Waals surface area contributed by atoms with E-state index in [4.69, 9.17) is 0 Å². The Hall–Kier alpha value is -3.28. The molecule has 3 rings (SSSR count). The molecule has 0 saturated carbocycles. The van der Waals surface area contributed by atoms with Crippen LogP contribution in [0.4, 0.5) is 0 Å². The zero-order valence-corrected chi connectivity index (χ0v) is 14.3. The average molecular weight is 348 g/mol. The topological polar surface area (TPSA) is 76.9 Å². The first-order valence-corrected chi connectivity index (χ1v) is 8.55. The van der Waals surface area contributed by atoms with Gasteiger partial charge in [-0.3, -0.25) is 19.1 Å². The van der Waals surface area contributed by atoms with Crippen molar-refractivity contribution in [3.63, 3.8) is 0 Å². The summed E-state index contributed by atoms with van der Waals surface area (Å²) < 4.78 is 1.31. The Morgan fingerprint density at radius 3 is 2.88 bits per heavy atom. The van der Waals surface area contributed by atoms with Crippen LogP contribution < -0.4 is 10.9 Å². The van der Waals surface area contributed by atoms with Crippen molar-refractivity contribution in [3.8, 4) is 0 Å². The molecule has 2 aromatic heterocycles. The Bertz CT molecular complexity index is 964. The minimum absolute atomic E-state index is 0.198. The van der Waals surface area contributed by atoms with E-state index in [-0.39, 0.29) is 11.5 Å². The van der Waals surface area contributed by atoms with Gasteiger partial charge in [-0.1, -0.05) is 18.2 Å². The maximum atomic E-state index is 12.3. The van der Waals surface area contributed by atoms with Gasteiger partial charge in [-0.05, 0) is 43.0 Å². The van der Waals surface area contributed by atoms with Crippen LogP contribution in [0.15, 0.2) is 66.0 Å². The van der Waals surface area contributed by atoms with E-state index in [1.807, 2.05) is 24.4 Å². The molecule has 0 aliphatic carbocycles. The van der Waals surface area contributed by atoms with Crippen LogP contribution in [-0.2, 0) is 11.2 Å². The number of carbonyl (C=O) groups excluding carboxylic acids is 1. The summed E-state index contributed by atoms with van der Waals surface area (Å²) in [5, 5.41) is 3.34. The normalized spacial score (nSPS) is 11.1. The minimum atomic E-state index is -0.230. The van der Waals surface area contributed by atoms with Gasteiger partial charge in [0, 0.05) is 31.2 Å². The van der Waals surface area contributed by atoms with Crippen LogP contribution in [0.25, 0.3) is 17.1 Å². The molecule has 1 amide bonds. The van der Waals surface area contributed by atoms with Gasteiger partial charge in [0.1, 0.15) is 6.33 Å². The number of carbonyl (C=O) groups is 1. The molecule has 132 valence electrons. The van der Waals surface area contributed by atoms with Gasteiger partial charge in [0.25, 0.3) is 5.56 Å². The highest BCUT2D eigenvalue weighted by molar-refractivity contribution is 5.90. The third kappa shape index (κ3) is 4.63. The van der Waals surface area contributed by atoms with Gasteiger partial charge in [0.2, 0.25) is 5.91 Å². The maximum Gasteiger partial charge on any atom is 0.265 e. The number of aromatic nitrogens is 3. The summed E-state index contributed by atoms with van der Waals surface area (Å²) in [6.07, 6.45) is 10.6. The second kappa shape index (κ2) is 8.71. The molecule has 26 heavy (non-hydrogen) atoms. The first kappa shape index (κ1) is 17.5. The molecule has 0 atom stereocenters. The largest absolute Gasteiger partial charge is 0.353 e. The fourth-order valence-corrected chi connectivity index (χ4v) is 2.61. The van der Waals surface area contributed by atoms with E-state index >= 15 is 0 Å². The molecule has 0 bridgehead atoms. The summed E-state index contributed by atoms with van der Waals surface area (Å²) >= 11 is 0. The first-order chi connectivity index (χ1) is 12.7. The molecule has 0 fully saturated rings. The molecular weight excluding hydrogens is 328 g/mol. The highest BCUT2D eigenvalue weighted by Gasteiger charge is 2.01. The van der Waals surface area contributed by atoms with E-state index in [2.05, 4.69) is 15.3 Å². The molecule has 6 nitrogen and oxygen atoms in total. The van der Waals surface area contributed by atoms with Crippen LogP contribution >= 0.6 is 0 Å². The van der Waals surface area contributed by atoms with Crippen LogP contribution in [-0.4, -0.2) is 27.0 Å². The second-order valence-electron chi connectivity index (χ2n) is 5.90. The Balaban J connectivity index is 1.47. The van der Waals surface area contributed by atoms with Gasteiger partial charge >= 0.3 is 0 Å². The SMILES string of the molecule is O=C(C=Cn1cnc2ccccc2c1=O)NCCCCc1cccnc1. The molecule has 1 N–H and O–H groups in total. The second-order valence-corrected chi connectivity index (χ2v) is 5.90. The number of hydrogen-bond acceptors (Lipinski definition) is 4. The molecule has 3 aromatic rings. The zero-order chi connectivity index (χ0) is 18.2. The van der Waals surface area contributed by atoms with Crippen LogP contribution in [0.3, 0.4) is 0 Å². The molecule has 0 unspecified atom stereocenters. The summed E-state index contributed by atoms with van der Waals surface area (Å²) in [7, 11) is 0. The van der Waals surface area contributed by atoms with E-state index in [0.29, 0.717) is 17.4 Å². The molecule has 0 spiro atoms. The van der Waals surface area contributed by atoms with Crippen molar-refractivity contribution in [1.29, 1.82) is 0 Å². The van der Waals surface area contributed by atoms with Crippen molar-refractivity contribution in [2.45, 2.75) is 19.3 Å². The Kier molecular flexibility index (Phi) is 5.88. The average Bonchev–Trinajstić information content (AvgIpc) is 2.68. The quantitative estimate of drug-likeness (QED) is 0.525. The van der Waals surface area contributed by atoms with Gasteiger partial charge in [-0.15, -0.1) is 0 Å². The standard InChI is InChI=1S/C20H20N4O2/c25-19(22-12-4-3-6-16-7-5-11-21-14-16)10-13-24-15-23-18-9-2-1-8-17(18)20(24)26/h1-2,5,7-11,13-15H,3-4,6,12H2,(H,22,25). The predicted molar refractivity (Wildman–Crippen MR) is 102 cm³/mol. The number of nitrogens with one attached hydrogen (secondary N) is 1. The Labute approximate surface area is 151 Å². The maximum absolute atomic E-state index is 12.3. The van der Waals surface area contributed by atoms with Gasteiger partial charge in [0.15, 0.2) is 0 Å². The molecule has 6 heteroatoms. The summed E-state index contributed by atoms with van der Waals surface area (Å²) in [5.41, 5.74) is 1.64. The molecule has 0 aliphatic heterocycles. The van der Waals surface area contributed by atoms with Gasteiger partial charge in [0.05, 0.1) is 10.9 Å². The van der Waals surface area contributed by atoms with Crippen molar-refractivity contribution in [3.05, 3.63) is 77.1 Å². The van der Waals surface area contributed by atoms with Crippen molar-refractivity contribution in [1.82, 2.24) is 19.9 Å². The summed E-state index contributed by atoms with van der Waals surface area (Å²) in [5.74, 6) is -0.230. The lowest BCUT2D eigenvalue weighted by Gasteiger charge is -2.03. The van der Waals surface area contributed by atoms with Crippen LogP contribution in [0.5, 0.6) is 0 Å². The number of nitrogens with zero attached hydrogens (tertiary/aromatic N) is 3. The van der Waals surface area contributed by atoms with E-state index in [1.165, 1.54) is 28.7 Å². The summed E-state index contributed by atoms with van der Waals surface area (Å²) in [6, 6.07) is 11.1. The first-order valence-electron chi connectivity index (χ1n) is 8.55. The third-order valence-electron chi connectivity index (χ3n) is 3.99. The van der Waals surface area contributed by atoms with E-state index in [0.717, 1.165) is 19.3 Å². The van der Waals surface area contributed by atoms with E-state index in [9.17, 15) is 9.59 Å².